The molecule has 0 aromatic carbocycles. The van der Waals surface area contributed by atoms with Crippen molar-refractivity contribution in [1.29, 1.82) is 0 Å². The number of methoxy groups -OCH3 is 2. The maximum Gasteiger partial charge on any atom is 0.169 e. The molecule has 0 bridgehead atoms. The van der Waals surface area contributed by atoms with E-state index in [1.807, 2.05) is 0 Å². The van der Waals surface area contributed by atoms with E-state index >= 15 is 0 Å². The Morgan fingerprint density at radius 1 is 1.17 bits per heavy atom. The third kappa shape index (κ3) is 4.04. The number of hydrogen-bond donors (Lipinski definition) is 0. The van der Waals surface area contributed by atoms with E-state index in [4.69, 9.17) is 9.47 Å². The molecule has 0 aliphatic rings. The van der Waals surface area contributed by atoms with Crippen molar-refractivity contribution in [3.8, 4) is 0 Å². The first-order valence-corrected chi connectivity index (χ1v) is 4.45. The monoisotopic (exact) mass is 175 g/mol. The highest BCUT2D eigenvalue weighted by molar-refractivity contribution is 4.62. The molecule has 0 atom stereocenters. The summed E-state index contributed by atoms with van der Waals surface area (Å²) >= 11 is 0. The van der Waals surface area contributed by atoms with Gasteiger partial charge >= 0.3 is 0 Å². The highest BCUT2D eigenvalue weighted by atomic mass is 16.7. The van der Waals surface area contributed by atoms with Crippen LogP contribution >= 0.6 is 0 Å². The molecule has 0 fully saturated rings. The third-order valence-corrected chi connectivity index (χ3v) is 2.05. The van der Waals surface area contributed by atoms with Crippen molar-refractivity contribution < 1.29 is 9.47 Å². The second-order valence-corrected chi connectivity index (χ2v) is 3.08. The SMILES string of the molecule is CCN(CC(OC)OC)C(C)C. The van der Waals surface area contributed by atoms with Gasteiger partial charge < -0.3 is 9.47 Å². The number of hydrogen-bond acceptors (Lipinski definition) is 3. The van der Waals surface area contributed by atoms with Gasteiger partial charge in [0, 0.05) is 26.8 Å². The van der Waals surface area contributed by atoms with Gasteiger partial charge in [0.2, 0.25) is 0 Å². The van der Waals surface area contributed by atoms with Crippen LogP contribution in [0.4, 0.5) is 0 Å². The van der Waals surface area contributed by atoms with Gasteiger partial charge in [0.05, 0.1) is 0 Å². The molecule has 0 unspecified atom stereocenters. The summed E-state index contributed by atoms with van der Waals surface area (Å²) in [5.74, 6) is 0. The fourth-order valence-corrected chi connectivity index (χ4v) is 1.14. The standard InChI is InChI=1S/C9H21NO2/c1-6-10(8(2)3)7-9(11-4)12-5/h8-9H,6-7H2,1-5H3. The predicted octanol–water partition coefficient (Wildman–Crippen LogP) is 1.34. The smallest absolute Gasteiger partial charge is 0.169 e. The summed E-state index contributed by atoms with van der Waals surface area (Å²) in [5.41, 5.74) is 0. The Kier molecular flexibility index (Phi) is 6.34. The van der Waals surface area contributed by atoms with Crippen molar-refractivity contribution in [2.24, 2.45) is 0 Å². The molecule has 0 spiro atoms. The zero-order valence-electron chi connectivity index (χ0n) is 8.83. The van der Waals surface area contributed by atoms with Crippen molar-refractivity contribution in [3.05, 3.63) is 0 Å². The maximum absolute atomic E-state index is 5.12. The lowest BCUT2D eigenvalue weighted by molar-refractivity contribution is -0.118. The molecule has 0 saturated heterocycles. The summed E-state index contributed by atoms with van der Waals surface area (Å²) in [6, 6.07) is 0.544. The second-order valence-electron chi connectivity index (χ2n) is 3.08. The number of rotatable bonds is 6. The lowest BCUT2D eigenvalue weighted by atomic mass is 10.3. The second kappa shape index (κ2) is 6.40. The third-order valence-electron chi connectivity index (χ3n) is 2.05. The van der Waals surface area contributed by atoms with Crippen LogP contribution in [0.3, 0.4) is 0 Å². The van der Waals surface area contributed by atoms with E-state index in [-0.39, 0.29) is 6.29 Å². The van der Waals surface area contributed by atoms with E-state index in [9.17, 15) is 0 Å². The molecule has 0 radical (unpaired) electrons. The van der Waals surface area contributed by atoms with Crippen LogP contribution in [-0.4, -0.2) is 44.5 Å². The Balaban J connectivity index is 3.82. The molecule has 74 valence electrons. The predicted molar refractivity (Wildman–Crippen MR) is 50.2 cm³/mol. The van der Waals surface area contributed by atoms with Crippen molar-refractivity contribution in [2.75, 3.05) is 27.3 Å². The summed E-state index contributed by atoms with van der Waals surface area (Å²) in [7, 11) is 3.34. The van der Waals surface area contributed by atoms with Crippen molar-refractivity contribution in [2.45, 2.75) is 33.1 Å². The van der Waals surface area contributed by atoms with Gasteiger partial charge in [-0.15, -0.1) is 0 Å². The van der Waals surface area contributed by atoms with Crippen LogP contribution < -0.4 is 0 Å². The zero-order chi connectivity index (χ0) is 9.56. The van der Waals surface area contributed by atoms with E-state index in [1.165, 1.54) is 0 Å². The molecule has 0 aromatic rings. The molecule has 0 N–H and O–H groups in total. The summed E-state index contributed by atoms with van der Waals surface area (Å²) < 4.78 is 10.2. The Morgan fingerprint density at radius 3 is 1.92 bits per heavy atom. The van der Waals surface area contributed by atoms with E-state index in [2.05, 4.69) is 25.7 Å². The van der Waals surface area contributed by atoms with E-state index < -0.39 is 0 Å². The highest BCUT2D eigenvalue weighted by Crippen LogP contribution is 2.01. The lowest BCUT2D eigenvalue weighted by Crippen LogP contribution is -2.38. The Hall–Kier alpha value is -0.120. The minimum Gasteiger partial charge on any atom is -0.355 e. The largest absolute Gasteiger partial charge is 0.355 e. The van der Waals surface area contributed by atoms with Crippen molar-refractivity contribution >= 4 is 0 Å². The number of likely N-dealkylation sites (N-methyl/N-ethyl adjacent to an activating group) is 1. The zero-order valence-corrected chi connectivity index (χ0v) is 8.83. The average Bonchev–Trinajstić information content (AvgIpc) is 2.06. The van der Waals surface area contributed by atoms with Crippen molar-refractivity contribution in [1.82, 2.24) is 4.90 Å². The molecule has 0 aliphatic heterocycles. The topological polar surface area (TPSA) is 21.7 Å². The molecule has 3 nitrogen and oxygen atoms in total. The summed E-state index contributed by atoms with van der Waals surface area (Å²) in [6.45, 7) is 8.35. The highest BCUT2D eigenvalue weighted by Gasteiger charge is 2.13. The van der Waals surface area contributed by atoms with Crippen molar-refractivity contribution in [3.63, 3.8) is 0 Å². The lowest BCUT2D eigenvalue weighted by Gasteiger charge is -2.27. The molecule has 0 saturated carbocycles. The van der Waals surface area contributed by atoms with E-state index in [0.29, 0.717) is 6.04 Å². The molecule has 0 rings (SSSR count). The van der Waals surface area contributed by atoms with Gasteiger partial charge in [0.1, 0.15) is 0 Å². The summed E-state index contributed by atoms with van der Waals surface area (Å²) in [4.78, 5) is 2.30. The van der Waals surface area contributed by atoms with Gasteiger partial charge in [0.15, 0.2) is 6.29 Å². The quantitative estimate of drug-likeness (QED) is 0.569. The van der Waals surface area contributed by atoms with Crippen LogP contribution in [0.25, 0.3) is 0 Å². The fourth-order valence-electron chi connectivity index (χ4n) is 1.14. The molecular weight excluding hydrogens is 154 g/mol. The van der Waals surface area contributed by atoms with Gasteiger partial charge in [-0.2, -0.15) is 0 Å². The number of ether oxygens (including phenoxy) is 2. The summed E-state index contributed by atoms with van der Waals surface area (Å²) in [5, 5.41) is 0. The van der Waals surface area contributed by atoms with Crippen LogP contribution in [0.15, 0.2) is 0 Å². The minimum absolute atomic E-state index is 0.104. The first-order chi connectivity index (χ1) is 5.65. The van der Waals surface area contributed by atoms with Gasteiger partial charge in [-0.1, -0.05) is 6.92 Å². The average molecular weight is 175 g/mol. The first-order valence-electron chi connectivity index (χ1n) is 4.45. The van der Waals surface area contributed by atoms with E-state index in [1.54, 1.807) is 14.2 Å². The minimum atomic E-state index is -0.104. The molecule has 12 heavy (non-hydrogen) atoms. The maximum atomic E-state index is 5.12. The van der Waals surface area contributed by atoms with Crippen LogP contribution in [0.1, 0.15) is 20.8 Å². The normalized spacial score (nSPS) is 12.0. The van der Waals surface area contributed by atoms with E-state index in [0.717, 1.165) is 13.1 Å². The van der Waals surface area contributed by atoms with Gasteiger partial charge in [-0.05, 0) is 20.4 Å². The molecule has 0 amide bonds. The van der Waals surface area contributed by atoms with Crippen LogP contribution in [0.5, 0.6) is 0 Å². The molecule has 3 heteroatoms. The molecule has 0 aliphatic carbocycles. The first kappa shape index (κ1) is 11.9. The Labute approximate surface area is 75.6 Å². The summed E-state index contributed by atoms with van der Waals surface area (Å²) in [6.07, 6.45) is -0.104. The van der Waals surface area contributed by atoms with Crippen LogP contribution in [0, 0.1) is 0 Å². The number of nitrogens with zero attached hydrogens (tertiary/aromatic N) is 1. The van der Waals surface area contributed by atoms with Gasteiger partial charge in [-0.3, -0.25) is 4.90 Å². The molecule has 0 aromatic heterocycles. The Bertz CT molecular complexity index is 103. The molecular formula is C9H21NO2. The van der Waals surface area contributed by atoms with Gasteiger partial charge in [-0.25, -0.2) is 0 Å². The molecule has 0 heterocycles. The fraction of sp³-hybridized carbons (Fsp3) is 1.00. The van der Waals surface area contributed by atoms with Gasteiger partial charge in [0.25, 0.3) is 0 Å². The Morgan fingerprint density at radius 2 is 1.67 bits per heavy atom. The van der Waals surface area contributed by atoms with Crippen LogP contribution in [0.2, 0.25) is 0 Å². The van der Waals surface area contributed by atoms with Crippen LogP contribution in [-0.2, 0) is 9.47 Å².